The Balaban J connectivity index is 2.18. The Bertz CT molecular complexity index is 475. The number of benzene rings is 1. The van der Waals surface area contributed by atoms with Crippen molar-refractivity contribution in [3.05, 3.63) is 23.8 Å². The van der Waals surface area contributed by atoms with Crippen molar-refractivity contribution in [3.63, 3.8) is 0 Å². The molecule has 1 saturated heterocycles. The second-order valence-electron chi connectivity index (χ2n) is 5.05. The lowest BCUT2D eigenvalue weighted by molar-refractivity contribution is -0.138. The van der Waals surface area contributed by atoms with Crippen LogP contribution in [0.3, 0.4) is 0 Å². The zero-order valence-corrected chi connectivity index (χ0v) is 10.9. The van der Waals surface area contributed by atoms with Crippen LogP contribution in [-0.2, 0) is 4.79 Å². The van der Waals surface area contributed by atoms with Gasteiger partial charge in [0.1, 0.15) is 11.5 Å². The SMILES string of the molecule is CC(c1ccc(O)cc1O)N1CCCC1CC(=O)O. The van der Waals surface area contributed by atoms with E-state index in [1.54, 1.807) is 6.07 Å². The van der Waals surface area contributed by atoms with E-state index in [1.165, 1.54) is 12.1 Å². The number of carboxylic acid groups (broad SMARTS) is 1. The molecule has 0 aliphatic carbocycles. The fraction of sp³-hybridized carbons (Fsp3) is 0.500. The first kappa shape index (κ1) is 13.7. The van der Waals surface area contributed by atoms with Gasteiger partial charge in [0, 0.05) is 23.7 Å². The van der Waals surface area contributed by atoms with E-state index in [0.717, 1.165) is 24.9 Å². The molecule has 2 rings (SSSR count). The number of carbonyl (C=O) groups is 1. The highest BCUT2D eigenvalue weighted by molar-refractivity contribution is 5.67. The number of nitrogens with zero attached hydrogens (tertiary/aromatic N) is 1. The molecule has 1 fully saturated rings. The largest absolute Gasteiger partial charge is 0.508 e. The predicted molar refractivity (Wildman–Crippen MR) is 70.2 cm³/mol. The van der Waals surface area contributed by atoms with Gasteiger partial charge in [0.2, 0.25) is 0 Å². The minimum absolute atomic E-state index is 0.0145. The molecular formula is C14H19NO4. The van der Waals surface area contributed by atoms with Gasteiger partial charge in [0.25, 0.3) is 0 Å². The Morgan fingerprint density at radius 2 is 2.21 bits per heavy atom. The van der Waals surface area contributed by atoms with Crippen molar-refractivity contribution in [1.82, 2.24) is 4.90 Å². The fourth-order valence-electron chi connectivity index (χ4n) is 2.85. The average molecular weight is 265 g/mol. The summed E-state index contributed by atoms with van der Waals surface area (Å²) in [6.07, 6.45) is 1.97. The molecule has 1 aliphatic rings. The Labute approximate surface area is 112 Å². The molecule has 5 heteroatoms. The lowest BCUT2D eigenvalue weighted by Crippen LogP contribution is -2.33. The van der Waals surface area contributed by atoms with Crippen LogP contribution in [0.4, 0.5) is 0 Å². The summed E-state index contributed by atoms with van der Waals surface area (Å²) in [7, 11) is 0. The number of likely N-dealkylation sites (tertiary alicyclic amines) is 1. The van der Waals surface area contributed by atoms with Crippen molar-refractivity contribution in [2.24, 2.45) is 0 Å². The normalized spacial score (nSPS) is 21.4. The molecule has 1 heterocycles. The van der Waals surface area contributed by atoms with Crippen molar-refractivity contribution in [1.29, 1.82) is 0 Å². The minimum Gasteiger partial charge on any atom is -0.508 e. The molecule has 0 saturated carbocycles. The van der Waals surface area contributed by atoms with E-state index in [0.29, 0.717) is 0 Å². The lowest BCUT2D eigenvalue weighted by atomic mass is 10.0. The Kier molecular flexibility index (Phi) is 3.95. The van der Waals surface area contributed by atoms with E-state index < -0.39 is 5.97 Å². The van der Waals surface area contributed by atoms with Gasteiger partial charge in [-0.05, 0) is 32.4 Å². The van der Waals surface area contributed by atoms with Crippen molar-refractivity contribution < 1.29 is 20.1 Å². The lowest BCUT2D eigenvalue weighted by Gasteiger charge is -2.30. The van der Waals surface area contributed by atoms with Gasteiger partial charge < -0.3 is 15.3 Å². The third kappa shape index (κ3) is 2.98. The summed E-state index contributed by atoms with van der Waals surface area (Å²) in [4.78, 5) is 13.0. The summed E-state index contributed by atoms with van der Waals surface area (Å²) in [5, 5.41) is 28.1. The second-order valence-corrected chi connectivity index (χ2v) is 5.05. The van der Waals surface area contributed by atoms with E-state index in [4.69, 9.17) is 5.11 Å². The average Bonchev–Trinajstić information content (AvgIpc) is 2.75. The zero-order chi connectivity index (χ0) is 14.0. The number of carboxylic acids is 1. The molecule has 3 N–H and O–H groups in total. The van der Waals surface area contributed by atoms with Crippen LogP contribution in [0.1, 0.15) is 37.8 Å². The van der Waals surface area contributed by atoms with Gasteiger partial charge in [-0.15, -0.1) is 0 Å². The summed E-state index contributed by atoms with van der Waals surface area (Å²) in [6, 6.07) is 4.49. The van der Waals surface area contributed by atoms with Crippen molar-refractivity contribution in [2.75, 3.05) is 6.54 Å². The molecule has 1 aromatic rings. The van der Waals surface area contributed by atoms with Gasteiger partial charge >= 0.3 is 5.97 Å². The topological polar surface area (TPSA) is 81.0 Å². The third-order valence-electron chi connectivity index (χ3n) is 3.79. The van der Waals surface area contributed by atoms with E-state index >= 15 is 0 Å². The second kappa shape index (κ2) is 5.48. The maximum Gasteiger partial charge on any atom is 0.304 e. The van der Waals surface area contributed by atoms with Crippen molar-refractivity contribution >= 4 is 5.97 Å². The van der Waals surface area contributed by atoms with Crippen LogP contribution in [0.15, 0.2) is 18.2 Å². The first-order valence-corrected chi connectivity index (χ1v) is 6.48. The quantitative estimate of drug-likeness (QED) is 0.776. The molecule has 2 unspecified atom stereocenters. The Hall–Kier alpha value is -1.75. The van der Waals surface area contributed by atoms with Crippen molar-refractivity contribution in [3.8, 4) is 11.5 Å². The minimum atomic E-state index is -0.793. The highest BCUT2D eigenvalue weighted by Crippen LogP contribution is 2.35. The number of hydrogen-bond acceptors (Lipinski definition) is 4. The van der Waals surface area contributed by atoms with Gasteiger partial charge in [-0.1, -0.05) is 6.07 Å². The maximum atomic E-state index is 10.9. The van der Waals surface area contributed by atoms with Gasteiger partial charge in [-0.2, -0.15) is 0 Å². The van der Waals surface area contributed by atoms with Crippen LogP contribution < -0.4 is 0 Å². The first-order chi connectivity index (χ1) is 8.99. The summed E-state index contributed by atoms with van der Waals surface area (Å²) >= 11 is 0. The summed E-state index contributed by atoms with van der Waals surface area (Å²) in [5.74, 6) is -0.718. The molecule has 0 spiro atoms. The number of aromatic hydroxyl groups is 2. The van der Waals surface area contributed by atoms with Crippen LogP contribution in [-0.4, -0.2) is 38.8 Å². The molecule has 0 amide bonds. The summed E-state index contributed by atoms with van der Waals surface area (Å²) < 4.78 is 0. The standard InChI is InChI=1S/C14H19NO4/c1-9(12-5-4-11(16)8-13(12)17)15-6-2-3-10(15)7-14(18)19/h4-5,8-10,16-17H,2-3,6-7H2,1H3,(H,18,19). The molecule has 104 valence electrons. The molecular weight excluding hydrogens is 246 g/mol. The van der Waals surface area contributed by atoms with Gasteiger partial charge in [0.05, 0.1) is 6.42 Å². The fourth-order valence-corrected chi connectivity index (χ4v) is 2.85. The summed E-state index contributed by atoms with van der Waals surface area (Å²) in [6.45, 7) is 2.78. The molecule has 2 atom stereocenters. The van der Waals surface area contributed by atoms with Gasteiger partial charge in [-0.3, -0.25) is 9.69 Å². The maximum absolute atomic E-state index is 10.9. The molecule has 0 bridgehead atoms. The van der Waals surface area contributed by atoms with Crippen LogP contribution in [0, 0.1) is 0 Å². The zero-order valence-electron chi connectivity index (χ0n) is 10.9. The molecule has 0 aromatic heterocycles. The van der Waals surface area contributed by atoms with Crippen LogP contribution in [0.2, 0.25) is 0 Å². The predicted octanol–water partition coefficient (Wildman–Crippen LogP) is 2.10. The van der Waals surface area contributed by atoms with Gasteiger partial charge in [-0.25, -0.2) is 0 Å². The molecule has 5 nitrogen and oxygen atoms in total. The number of hydrogen-bond donors (Lipinski definition) is 3. The first-order valence-electron chi connectivity index (χ1n) is 6.48. The van der Waals surface area contributed by atoms with E-state index in [2.05, 4.69) is 4.90 Å². The van der Waals surface area contributed by atoms with E-state index in [-0.39, 0.29) is 30.0 Å². The molecule has 1 aliphatic heterocycles. The Morgan fingerprint density at radius 3 is 2.84 bits per heavy atom. The highest BCUT2D eigenvalue weighted by Gasteiger charge is 2.31. The van der Waals surface area contributed by atoms with E-state index in [9.17, 15) is 15.0 Å². The molecule has 0 radical (unpaired) electrons. The monoisotopic (exact) mass is 265 g/mol. The smallest absolute Gasteiger partial charge is 0.304 e. The number of phenolic OH excluding ortho intramolecular Hbond substituents is 2. The molecule has 1 aromatic carbocycles. The highest BCUT2D eigenvalue weighted by atomic mass is 16.4. The van der Waals surface area contributed by atoms with Crippen LogP contribution in [0.25, 0.3) is 0 Å². The summed E-state index contributed by atoms with van der Waals surface area (Å²) in [5.41, 5.74) is 0.718. The van der Waals surface area contributed by atoms with Crippen LogP contribution in [0.5, 0.6) is 11.5 Å². The van der Waals surface area contributed by atoms with Crippen molar-refractivity contribution in [2.45, 2.75) is 38.3 Å². The Morgan fingerprint density at radius 1 is 1.47 bits per heavy atom. The van der Waals surface area contributed by atoms with Gasteiger partial charge in [0.15, 0.2) is 0 Å². The number of phenols is 2. The number of rotatable bonds is 4. The number of aliphatic carboxylic acids is 1. The van der Waals surface area contributed by atoms with Crippen LogP contribution >= 0.6 is 0 Å². The third-order valence-corrected chi connectivity index (χ3v) is 3.79. The van der Waals surface area contributed by atoms with E-state index in [1.807, 2.05) is 6.92 Å². The molecule has 19 heavy (non-hydrogen) atoms.